The average molecular weight is 226 g/mol. The number of aromatic hydroxyl groups is 1. The molecule has 84 valence electrons. The Bertz CT molecular complexity index is 614. The number of hydrogen-bond donors (Lipinski definition) is 2. The third-order valence-corrected chi connectivity index (χ3v) is 2.41. The molecule has 0 aliphatic carbocycles. The first kappa shape index (κ1) is 11.0. The van der Waals surface area contributed by atoms with E-state index in [2.05, 4.69) is 5.32 Å². The fraction of sp³-hybridized carbons (Fsp3) is 0.0769. The van der Waals surface area contributed by atoms with Crippen LogP contribution in [0.4, 0.5) is 5.69 Å². The minimum atomic E-state index is -0.431. The Morgan fingerprint density at radius 1 is 1.29 bits per heavy atom. The van der Waals surface area contributed by atoms with Crippen LogP contribution in [0.3, 0.4) is 0 Å². The van der Waals surface area contributed by atoms with Crippen LogP contribution >= 0.6 is 0 Å². The van der Waals surface area contributed by atoms with Crippen LogP contribution in [0.5, 0.6) is 5.75 Å². The lowest BCUT2D eigenvalue weighted by Gasteiger charge is -2.09. The maximum Gasteiger partial charge on any atom is 0.238 e. The summed E-state index contributed by atoms with van der Waals surface area (Å²) in [5.41, 5.74) is 0.350. The number of nitriles is 1. The first-order valence-electron chi connectivity index (χ1n) is 5.10. The molecule has 0 heterocycles. The summed E-state index contributed by atoms with van der Waals surface area (Å²) in [5.74, 6) is -0.436. The van der Waals surface area contributed by atoms with Crippen LogP contribution < -0.4 is 5.32 Å². The second-order valence-electron chi connectivity index (χ2n) is 3.56. The molecule has 0 unspecified atom stereocenters. The first-order chi connectivity index (χ1) is 8.22. The molecule has 1 amide bonds. The number of phenols is 1. The van der Waals surface area contributed by atoms with E-state index in [9.17, 15) is 9.90 Å². The average Bonchev–Trinajstić information content (AvgIpc) is 2.33. The summed E-state index contributed by atoms with van der Waals surface area (Å²) >= 11 is 0. The molecule has 2 rings (SSSR count). The molecular weight excluding hydrogens is 216 g/mol. The van der Waals surface area contributed by atoms with E-state index in [1.54, 1.807) is 18.2 Å². The van der Waals surface area contributed by atoms with Crippen molar-refractivity contribution < 1.29 is 9.90 Å². The van der Waals surface area contributed by atoms with Gasteiger partial charge in [0.05, 0.1) is 11.8 Å². The number of carbonyl (C=O) groups is 1. The van der Waals surface area contributed by atoms with Crippen LogP contribution in [-0.4, -0.2) is 11.0 Å². The minimum absolute atomic E-state index is 0.00464. The Balaban J connectivity index is 2.48. The van der Waals surface area contributed by atoms with Crippen molar-refractivity contribution in [2.24, 2.45) is 0 Å². The highest BCUT2D eigenvalue weighted by Crippen LogP contribution is 2.32. The van der Waals surface area contributed by atoms with Gasteiger partial charge in [0.1, 0.15) is 12.2 Å². The van der Waals surface area contributed by atoms with Gasteiger partial charge in [-0.05, 0) is 11.5 Å². The number of anilines is 1. The van der Waals surface area contributed by atoms with Crippen molar-refractivity contribution in [3.63, 3.8) is 0 Å². The molecule has 0 spiro atoms. The Labute approximate surface area is 98.1 Å². The standard InChI is InChI=1S/C13H10N2O2/c14-8-7-12(17)15-13-10-4-2-1-3-9(10)5-6-11(13)16/h1-6,16H,7H2,(H,15,17). The zero-order valence-corrected chi connectivity index (χ0v) is 8.97. The van der Waals surface area contributed by atoms with Crippen LogP contribution in [0.25, 0.3) is 10.8 Å². The summed E-state index contributed by atoms with van der Waals surface area (Å²) < 4.78 is 0. The molecule has 0 saturated carbocycles. The third kappa shape index (κ3) is 2.18. The third-order valence-electron chi connectivity index (χ3n) is 2.41. The lowest BCUT2D eigenvalue weighted by atomic mass is 10.1. The van der Waals surface area contributed by atoms with Gasteiger partial charge in [-0.25, -0.2) is 0 Å². The summed E-state index contributed by atoms with van der Waals surface area (Å²) in [6.45, 7) is 0. The number of benzene rings is 2. The van der Waals surface area contributed by atoms with Crippen molar-refractivity contribution in [2.45, 2.75) is 6.42 Å². The number of nitrogens with one attached hydrogen (secondary N) is 1. The SMILES string of the molecule is N#CCC(=O)Nc1c(O)ccc2ccccc12. The van der Waals surface area contributed by atoms with Gasteiger partial charge in [0.2, 0.25) is 5.91 Å². The van der Waals surface area contributed by atoms with Crippen molar-refractivity contribution in [1.29, 1.82) is 5.26 Å². The van der Waals surface area contributed by atoms with Crippen LogP contribution in [0.15, 0.2) is 36.4 Å². The maximum atomic E-state index is 11.4. The van der Waals surface area contributed by atoms with Gasteiger partial charge < -0.3 is 10.4 Å². The highest BCUT2D eigenvalue weighted by atomic mass is 16.3. The molecule has 2 aromatic rings. The van der Waals surface area contributed by atoms with Gasteiger partial charge in [-0.2, -0.15) is 5.26 Å². The number of nitrogens with zero attached hydrogens (tertiary/aromatic N) is 1. The predicted octanol–water partition coefficient (Wildman–Crippen LogP) is 2.40. The lowest BCUT2D eigenvalue weighted by Crippen LogP contribution is -2.10. The highest BCUT2D eigenvalue weighted by molar-refractivity contribution is 6.04. The van der Waals surface area contributed by atoms with Gasteiger partial charge in [-0.15, -0.1) is 0 Å². The Morgan fingerprint density at radius 3 is 2.82 bits per heavy atom. The van der Waals surface area contributed by atoms with E-state index >= 15 is 0 Å². The molecule has 0 aromatic heterocycles. The van der Waals surface area contributed by atoms with Crippen LogP contribution in [-0.2, 0) is 4.79 Å². The fourth-order valence-corrected chi connectivity index (χ4v) is 1.65. The van der Waals surface area contributed by atoms with E-state index in [1.807, 2.05) is 18.2 Å². The molecule has 0 aliphatic rings. The van der Waals surface area contributed by atoms with E-state index in [1.165, 1.54) is 6.07 Å². The summed E-state index contributed by atoms with van der Waals surface area (Å²) in [5, 5.41) is 22.4. The van der Waals surface area contributed by atoms with Crippen molar-refractivity contribution in [3.8, 4) is 11.8 Å². The van der Waals surface area contributed by atoms with Gasteiger partial charge in [0, 0.05) is 5.39 Å². The molecule has 0 radical (unpaired) electrons. The highest BCUT2D eigenvalue weighted by Gasteiger charge is 2.09. The summed E-state index contributed by atoms with van der Waals surface area (Å²) in [4.78, 5) is 11.4. The Kier molecular flexibility index (Phi) is 2.93. The molecule has 2 aromatic carbocycles. The Morgan fingerprint density at radius 2 is 2.06 bits per heavy atom. The largest absolute Gasteiger partial charge is 0.506 e. The topological polar surface area (TPSA) is 73.1 Å². The molecule has 0 atom stereocenters. The number of phenolic OH excluding ortho intramolecular Hbond substituents is 1. The zero-order chi connectivity index (χ0) is 12.3. The van der Waals surface area contributed by atoms with Crippen molar-refractivity contribution >= 4 is 22.4 Å². The molecular formula is C13H10N2O2. The summed E-state index contributed by atoms with van der Waals surface area (Å²) in [6, 6.07) is 12.4. The number of hydrogen-bond acceptors (Lipinski definition) is 3. The molecule has 2 N–H and O–H groups in total. The molecule has 0 bridgehead atoms. The first-order valence-corrected chi connectivity index (χ1v) is 5.10. The van der Waals surface area contributed by atoms with E-state index in [4.69, 9.17) is 5.26 Å². The van der Waals surface area contributed by atoms with Gasteiger partial charge >= 0.3 is 0 Å². The molecule has 0 fully saturated rings. The number of carbonyl (C=O) groups excluding carboxylic acids is 1. The fourth-order valence-electron chi connectivity index (χ4n) is 1.65. The van der Waals surface area contributed by atoms with Gasteiger partial charge in [-0.1, -0.05) is 30.3 Å². The zero-order valence-electron chi connectivity index (χ0n) is 8.97. The van der Waals surface area contributed by atoms with E-state index in [-0.39, 0.29) is 12.2 Å². The van der Waals surface area contributed by atoms with Gasteiger partial charge in [0.25, 0.3) is 0 Å². The summed E-state index contributed by atoms with van der Waals surface area (Å²) in [7, 11) is 0. The number of rotatable bonds is 2. The van der Waals surface area contributed by atoms with Crippen LogP contribution in [0.1, 0.15) is 6.42 Å². The van der Waals surface area contributed by atoms with Crippen molar-refractivity contribution in [1.82, 2.24) is 0 Å². The second kappa shape index (κ2) is 4.54. The van der Waals surface area contributed by atoms with Gasteiger partial charge in [-0.3, -0.25) is 4.79 Å². The molecule has 17 heavy (non-hydrogen) atoms. The predicted molar refractivity (Wildman–Crippen MR) is 64.5 cm³/mol. The lowest BCUT2D eigenvalue weighted by molar-refractivity contribution is -0.115. The smallest absolute Gasteiger partial charge is 0.238 e. The van der Waals surface area contributed by atoms with Gasteiger partial charge in [0.15, 0.2) is 0 Å². The van der Waals surface area contributed by atoms with E-state index < -0.39 is 5.91 Å². The Hall–Kier alpha value is -2.54. The van der Waals surface area contributed by atoms with Crippen LogP contribution in [0.2, 0.25) is 0 Å². The molecule has 4 nitrogen and oxygen atoms in total. The van der Waals surface area contributed by atoms with Crippen molar-refractivity contribution in [2.75, 3.05) is 5.32 Å². The van der Waals surface area contributed by atoms with Crippen LogP contribution in [0, 0.1) is 11.3 Å². The number of fused-ring (bicyclic) bond motifs is 1. The quantitative estimate of drug-likeness (QED) is 0.772. The monoisotopic (exact) mass is 226 g/mol. The molecule has 0 aliphatic heterocycles. The minimum Gasteiger partial charge on any atom is -0.506 e. The summed E-state index contributed by atoms with van der Waals surface area (Å²) in [6.07, 6.45) is -0.233. The van der Waals surface area contributed by atoms with E-state index in [0.717, 1.165) is 10.8 Å². The second-order valence-corrected chi connectivity index (χ2v) is 3.56. The number of amides is 1. The maximum absolute atomic E-state index is 11.4. The molecule has 0 saturated heterocycles. The van der Waals surface area contributed by atoms with Crippen molar-refractivity contribution in [3.05, 3.63) is 36.4 Å². The van der Waals surface area contributed by atoms with E-state index in [0.29, 0.717) is 5.69 Å². The normalized spacial score (nSPS) is 9.82. The molecule has 4 heteroatoms.